The number of thiazole rings is 1. The molecule has 2 aromatic heterocycles. The molecule has 1 saturated carbocycles. The van der Waals surface area contributed by atoms with Crippen molar-refractivity contribution >= 4 is 73.9 Å². The number of carbonyl (C=O) groups is 7. The minimum Gasteiger partial charge on any atom is -0.490 e. The molecule has 384 valence electrons. The Balaban J connectivity index is 0.671. The molecule has 0 spiro atoms. The zero-order valence-corrected chi connectivity index (χ0v) is 42.1. The third-order valence-corrected chi connectivity index (χ3v) is 16.7. The van der Waals surface area contributed by atoms with Gasteiger partial charge in [-0.05, 0) is 153 Å². The van der Waals surface area contributed by atoms with Gasteiger partial charge in [0.2, 0.25) is 17.7 Å². The van der Waals surface area contributed by atoms with Crippen LogP contribution in [-0.2, 0) is 27.3 Å². The number of carboxylic acid groups (broad SMARTS) is 1. The molecule has 18 heteroatoms. The molecule has 4 aromatic carbocycles. The van der Waals surface area contributed by atoms with Crippen molar-refractivity contribution in [2.75, 3.05) is 29.9 Å². The van der Waals surface area contributed by atoms with Gasteiger partial charge in [-0.25, -0.2) is 19.2 Å². The molecule has 0 radical (unpaired) electrons. The minimum atomic E-state index is -1.15. The molecule has 11 rings (SSSR count). The van der Waals surface area contributed by atoms with Crippen LogP contribution in [0.3, 0.4) is 0 Å². The maximum Gasteiger partial charge on any atom is 0.355 e. The number of likely N-dealkylation sites (tertiary alicyclic amines) is 1. The third kappa shape index (κ3) is 9.74. The molecule has 1 atom stereocenters. The molecule has 4 aliphatic heterocycles. The topological polar surface area (TPSA) is 209 Å². The van der Waals surface area contributed by atoms with E-state index in [1.165, 1.54) is 17.4 Å². The van der Waals surface area contributed by atoms with Crippen molar-refractivity contribution in [1.82, 2.24) is 25.1 Å². The van der Waals surface area contributed by atoms with Gasteiger partial charge in [0.15, 0.2) is 10.8 Å². The molecule has 6 aromatic rings. The normalized spacial score (nSPS) is 20.0. The van der Waals surface area contributed by atoms with Gasteiger partial charge < -0.3 is 19.6 Å². The number of amides is 6. The van der Waals surface area contributed by atoms with Crippen molar-refractivity contribution in [3.05, 3.63) is 135 Å². The van der Waals surface area contributed by atoms with Crippen LogP contribution >= 0.6 is 11.3 Å². The highest BCUT2D eigenvalue weighted by atomic mass is 32.1. The molecule has 16 nitrogen and oxygen atoms in total. The number of hydrogen-bond donors (Lipinski definition) is 3. The number of halogens is 1. The van der Waals surface area contributed by atoms with Crippen LogP contribution in [0.2, 0.25) is 0 Å². The van der Waals surface area contributed by atoms with E-state index in [1.807, 2.05) is 77.4 Å². The van der Waals surface area contributed by atoms with Crippen LogP contribution in [-0.4, -0.2) is 98.1 Å². The summed E-state index contributed by atoms with van der Waals surface area (Å²) in [6, 6.07) is 24.1. The van der Waals surface area contributed by atoms with Crippen LogP contribution in [0, 0.1) is 18.7 Å². The van der Waals surface area contributed by atoms with E-state index in [1.54, 1.807) is 12.1 Å². The van der Waals surface area contributed by atoms with E-state index in [-0.39, 0.29) is 53.5 Å². The Kier molecular flexibility index (Phi) is 13.5. The molecule has 2 saturated heterocycles. The van der Waals surface area contributed by atoms with E-state index in [4.69, 9.17) is 9.72 Å². The smallest absolute Gasteiger partial charge is 0.355 e. The summed E-state index contributed by atoms with van der Waals surface area (Å²) in [6.45, 7) is 3.77. The lowest BCUT2D eigenvalue weighted by atomic mass is 9.84. The second-order valence-corrected chi connectivity index (χ2v) is 21.2. The van der Waals surface area contributed by atoms with Crippen LogP contribution in [0.5, 0.6) is 5.75 Å². The molecular formula is C57H54FN7O9S. The Morgan fingerprint density at radius 1 is 0.813 bits per heavy atom. The maximum absolute atomic E-state index is 15.6. The molecule has 5 aliphatic rings. The summed E-state index contributed by atoms with van der Waals surface area (Å²) >= 11 is 1.41. The number of para-hydroxylation sites is 1. The van der Waals surface area contributed by atoms with Gasteiger partial charge in [-0.3, -0.25) is 44.3 Å². The lowest BCUT2D eigenvalue weighted by Crippen LogP contribution is -2.54. The van der Waals surface area contributed by atoms with Gasteiger partial charge in [0.05, 0.1) is 27.4 Å². The minimum absolute atomic E-state index is 0.0108. The van der Waals surface area contributed by atoms with Gasteiger partial charge in [-0.15, -0.1) is 0 Å². The van der Waals surface area contributed by atoms with E-state index in [2.05, 4.69) is 15.6 Å². The standard InChI is InChI=1S/C57H54FN7O9S/c1-31-36(37-17-19-48(60-51(37)56(72)73)64-27-24-33-6-4-8-38(42(33)30-64)52(68)62-57-59-44-9-2-3-11-47(44)75-57)7-5-10-46(31)74-35-15-12-32(13-16-35)14-21-50(67)63-25-22-34(23-26-63)39-28-40-41(29-43(39)58)55(71)65(54(40)70)45-18-20-49(66)61-53(45)69/h2-11,17,19,28-29,32,34-35,45H,12-16,18,20-27,30H2,1H3,(H,72,73)(H,59,62,68)(H,61,66,69). The van der Waals surface area contributed by atoms with E-state index in [0.717, 1.165) is 70.0 Å². The molecule has 1 aliphatic carbocycles. The molecule has 6 heterocycles. The van der Waals surface area contributed by atoms with Crippen LogP contribution in [0.4, 0.5) is 15.3 Å². The Hall–Kier alpha value is -7.86. The number of carbonyl (C=O) groups excluding carboxylic acids is 6. The van der Waals surface area contributed by atoms with Crippen molar-refractivity contribution in [2.24, 2.45) is 5.92 Å². The first-order valence-corrected chi connectivity index (χ1v) is 26.5. The number of imide groups is 2. The van der Waals surface area contributed by atoms with Gasteiger partial charge in [-0.2, -0.15) is 0 Å². The van der Waals surface area contributed by atoms with E-state index in [0.29, 0.717) is 96.7 Å². The fraction of sp³-hybridized carbons (Fsp3) is 0.351. The van der Waals surface area contributed by atoms with Crippen molar-refractivity contribution < 1.29 is 47.8 Å². The number of hydrogen-bond acceptors (Lipinski definition) is 12. The highest BCUT2D eigenvalue weighted by Crippen LogP contribution is 2.39. The van der Waals surface area contributed by atoms with Gasteiger partial charge in [0.25, 0.3) is 17.7 Å². The van der Waals surface area contributed by atoms with Gasteiger partial charge >= 0.3 is 5.97 Å². The Bertz CT molecular complexity index is 3310. The first kappa shape index (κ1) is 49.4. The number of piperidine rings is 2. The highest BCUT2D eigenvalue weighted by molar-refractivity contribution is 7.22. The SMILES string of the molecule is Cc1c(OC2CCC(CCC(=O)N3CCC(c4cc5c(cc4F)C(=O)N(C4CCC(=O)NC4=O)C5=O)CC3)CC2)cccc1-c1ccc(N2CCc3cccc(C(=O)Nc4nc5ccccc5s4)c3C2)nc1C(=O)O. The highest BCUT2D eigenvalue weighted by Gasteiger charge is 2.45. The van der Waals surface area contributed by atoms with Crippen LogP contribution in [0.25, 0.3) is 21.3 Å². The number of fused-ring (bicyclic) bond motifs is 3. The molecule has 3 fully saturated rings. The summed E-state index contributed by atoms with van der Waals surface area (Å²) in [5, 5.41) is 16.2. The molecule has 6 amide bonds. The third-order valence-electron chi connectivity index (χ3n) is 15.7. The summed E-state index contributed by atoms with van der Waals surface area (Å²) in [4.78, 5) is 105. The number of nitrogens with one attached hydrogen (secondary N) is 2. The monoisotopic (exact) mass is 1030 g/mol. The number of carboxylic acids is 1. The van der Waals surface area contributed by atoms with Crippen LogP contribution in [0.1, 0.15) is 134 Å². The van der Waals surface area contributed by atoms with Crippen molar-refractivity contribution in [2.45, 2.75) is 102 Å². The van der Waals surface area contributed by atoms with Crippen LogP contribution < -0.4 is 20.3 Å². The summed E-state index contributed by atoms with van der Waals surface area (Å²) < 4.78 is 23.1. The van der Waals surface area contributed by atoms with Crippen molar-refractivity contribution in [3.63, 3.8) is 0 Å². The quantitative estimate of drug-likeness (QED) is 0.0983. The Labute approximate surface area is 435 Å². The second kappa shape index (κ2) is 20.5. The van der Waals surface area contributed by atoms with Crippen molar-refractivity contribution in [3.8, 4) is 16.9 Å². The molecule has 75 heavy (non-hydrogen) atoms. The number of aromatic carboxylic acids is 1. The Morgan fingerprint density at radius 2 is 1.57 bits per heavy atom. The van der Waals surface area contributed by atoms with Gasteiger partial charge in [0, 0.05) is 50.1 Å². The number of nitrogens with zero attached hydrogens (tertiary/aromatic N) is 5. The predicted octanol–water partition coefficient (Wildman–Crippen LogP) is 8.84. The van der Waals surface area contributed by atoms with Gasteiger partial charge in [-0.1, -0.05) is 47.7 Å². The number of anilines is 2. The molecule has 3 N–H and O–H groups in total. The first-order chi connectivity index (χ1) is 36.3. The average molecular weight is 1030 g/mol. The lowest BCUT2D eigenvalue weighted by Gasteiger charge is -2.33. The van der Waals surface area contributed by atoms with Crippen molar-refractivity contribution in [1.29, 1.82) is 0 Å². The average Bonchev–Trinajstić information content (AvgIpc) is 3.94. The van der Waals surface area contributed by atoms with E-state index in [9.17, 15) is 38.7 Å². The maximum atomic E-state index is 15.6. The van der Waals surface area contributed by atoms with E-state index < -0.39 is 41.5 Å². The van der Waals surface area contributed by atoms with Crippen LogP contribution in [0.15, 0.2) is 84.9 Å². The summed E-state index contributed by atoms with van der Waals surface area (Å²) in [6.07, 6.45) is 6.13. The largest absolute Gasteiger partial charge is 0.490 e. The fourth-order valence-electron chi connectivity index (χ4n) is 11.6. The second-order valence-electron chi connectivity index (χ2n) is 20.2. The zero-order chi connectivity index (χ0) is 52.1. The fourth-order valence-corrected chi connectivity index (χ4v) is 12.4. The van der Waals surface area contributed by atoms with E-state index >= 15 is 4.39 Å². The number of benzene rings is 4. The summed E-state index contributed by atoms with van der Waals surface area (Å²) in [5.41, 5.74) is 5.44. The molecular weight excluding hydrogens is 978 g/mol. The number of ether oxygens (including phenoxy) is 1. The predicted molar refractivity (Wildman–Crippen MR) is 277 cm³/mol. The Morgan fingerprint density at radius 3 is 2.33 bits per heavy atom. The van der Waals surface area contributed by atoms with Gasteiger partial charge in [0.1, 0.15) is 23.4 Å². The molecule has 0 bridgehead atoms. The summed E-state index contributed by atoms with van der Waals surface area (Å²) in [5.74, 6) is -3.34. The summed E-state index contributed by atoms with van der Waals surface area (Å²) in [7, 11) is 0. The molecule has 1 unspecified atom stereocenters. The number of rotatable bonds is 12. The zero-order valence-electron chi connectivity index (χ0n) is 41.2. The number of aromatic nitrogens is 2. The lowest BCUT2D eigenvalue weighted by molar-refractivity contribution is -0.136. The first-order valence-electron chi connectivity index (χ1n) is 25.6. The number of pyridine rings is 1.